The molecule has 0 saturated heterocycles. The van der Waals surface area contributed by atoms with Gasteiger partial charge in [-0.25, -0.2) is 0 Å². The summed E-state index contributed by atoms with van der Waals surface area (Å²) in [6, 6.07) is 13.9. The molecule has 0 unspecified atom stereocenters. The quantitative estimate of drug-likeness (QED) is 0.362. The Morgan fingerprint density at radius 3 is 2.51 bits per heavy atom. The Bertz CT molecular complexity index is 1510. The maximum Gasteiger partial charge on any atom is 0.255 e. The van der Waals surface area contributed by atoms with Crippen LogP contribution < -0.4 is 14.8 Å². The molecule has 3 aromatic rings. The Hall–Kier alpha value is -3.90. The summed E-state index contributed by atoms with van der Waals surface area (Å²) < 4.78 is 19.2. The first-order valence-electron chi connectivity index (χ1n) is 13.1. The standard InChI is InChI=1S/C32H33ClN2O4/c1-20-24(17-28-25-18-31(39-4)30(38-3)16-22(25)11-8-14-35(20)28)21-10-7-13-29(37-2)26(15-21)32(36)34-19-23-9-5-6-12-27(23)33/h5-6,9-10,12-13,15-18H,7-8,11,14,19H2,1-4H3,(H,34,36). The highest BCUT2D eigenvalue weighted by atomic mass is 35.5. The lowest BCUT2D eigenvalue weighted by Crippen LogP contribution is -2.26. The van der Waals surface area contributed by atoms with E-state index in [0.29, 0.717) is 35.1 Å². The number of aromatic nitrogens is 1. The molecule has 1 aliphatic carbocycles. The number of methoxy groups -OCH3 is 3. The average Bonchev–Trinajstić information content (AvgIpc) is 3.09. The van der Waals surface area contributed by atoms with Gasteiger partial charge in [0.15, 0.2) is 11.5 Å². The molecule has 7 heteroatoms. The van der Waals surface area contributed by atoms with Crippen molar-refractivity contribution < 1.29 is 19.0 Å². The van der Waals surface area contributed by atoms with Crippen LogP contribution in [0.3, 0.4) is 0 Å². The van der Waals surface area contributed by atoms with E-state index >= 15 is 0 Å². The van der Waals surface area contributed by atoms with E-state index < -0.39 is 0 Å². The summed E-state index contributed by atoms with van der Waals surface area (Å²) in [5.74, 6) is 1.80. The van der Waals surface area contributed by atoms with Crippen molar-refractivity contribution in [1.29, 1.82) is 0 Å². The summed E-state index contributed by atoms with van der Waals surface area (Å²) in [5.41, 5.74) is 8.11. The number of rotatable bonds is 7. The summed E-state index contributed by atoms with van der Waals surface area (Å²) >= 11 is 6.30. The van der Waals surface area contributed by atoms with E-state index in [4.69, 9.17) is 25.8 Å². The number of hydrogen-bond donors (Lipinski definition) is 1. The van der Waals surface area contributed by atoms with Crippen molar-refractivity contribution in [1.82, 2.24) is 9.88 Å². The minimum Gasteiger partial charge on any atom is -0.496 e. The largest absolute Gasteiger partial charge is 0.496 e. The third-order valence-corrected chi connectivity index (χ3v) is 7.83. The van der Waals surface area contributed by atoms with E-state index in [9.17, 15) is 4.79 Å². The first kappa shape index (κ1) is 26.7. The smallest absolute Gasteiger partial charge is 0.255 e. The maximum absolute atomic E-state index is 13.4. The van der Waals surface area contributed by atoms with E-state index in [2.05, 4.69) is 41.1 Å². The fraction of sp³-hybridized carbons (Fsp3) is 0.281. The molecule has 2 aliphatic rings. The Balaban J connectivity index is 1.52. The van der Waals surface area contributed by atoms with Crippen LogP contribution in [0, 0.1) is 6.92 Å². The SMILES string of the molecule is COC1=CCC=C(c2cc3n(c2C)CCCc2cc(OC)c(OC)cc2-3)C=C1C(=O)NCc1ccccc1Cl. The number of nitrogens with one attached hydrogen (secondary N) is 1. The molecule has 0 saturated carbocycles. The van der Waals surface area contributed by atoms with Crippen LogP contribution >= 0.6 is 11.6 Å². The van der Waals surface area contributed by atoms with E-state index in [0.717, 1.165) is 58.8 Å². The van der Waals surface area contributed by atoms with Gasteiger partial charge >= 0.3 is 0 Å². The number of amides is 1. The van der Waals surface area contributed by atoms with E-state index in [1.54, 1.807) is 21.3 Å². The zero-order valence-corrected chi connectivity index (χ0v) is 23.5. The van der Waals surface area contributed by atoms with Crippen LogP contribution in [0.5, 0.6) is 11.5 Å². The van der Waals surface area contributed by atoms with Crippen LogP contribution in [0.4, 0.5) is 0 Å². The van der Waals surface area contributed by atoms with Crippen LogP contribution in [-0.2, 0) is 29.0 Å². The number of hydrogen-bond acceptors (Lipinski definition) is 4. The van der Waals surface area contributed by atoms with Crippen molar-refractivity contribution in [3.8, 4) is 22.8 Å². The highest BCUT2D eigenvalue weighted by Gasteiger charge is 2.24. The van der Waals surface area contributed by atoms with Crippen molar-refractivity contribution in [2.24, 2.45) is 0 Å². The molecule has 1 aliphatic heterocycles. The monoisotopic (exact) mass is 544 g/mol. The number of ether oxygens (including phenoxy) is 3. The summed E-state index contributed by atoms with van der Waals surface area (Å²) in [4.78, 5) is 13.4. The second-order valence-corrected chi connectivity index (χ2v) is 10.1. The fourth-order valence-corrected chi connectivity index (χ4v) is 5.60. The molecule has 2 heterocycles. The first-order chi connectivity index (χ1) is 18.9. The first-order valence-corrected chi connectivity index (χ1v) is 13.5. The lowest BCUT2D eigenvalue weighted by atomic mass is 9.98. The number of carbonyl (C=O) groups excluding carboxylic acids is 1. The van der Waals surface area contributed by atoms with Crippen molar-refractivity contribution >= 4 is 23.1 Å². The fourth-order valence-electron chi connectivity index (χ4n) is 5.40. The van der Waals surface area contributed by atoms with Gasteiger partial charge in [-0.2, -0.15) is 0 Å². The Morgan fingerprint density at radius 2 is 1.77 bits per heavy atom. The van der Waals surface area contributed by atoms with Crippen LogP contribution in [0.2, 0.25) is 5.02 Å². The molecule has 2 aromatic carbocycles. The number of halogens is 1. The minimum atomic E-state index is -0.212. The number of aryl methyl sites for hydroxylation is 1. The van der Waals surface area contributed by atoms with Gasteiger partial charge in [-0.1, -0.05) is 35.9 Å². The van der Waals surface area contributed by atoms with Gasteiger partial charge in [-0.3, -0.25) is 4.79 Å². The lowest BCUT2D eigenvalue weighted by molar-refractivity contribution is -0.117. The molecule has 0 bridgehead atoms. The number of nitrogens with zero attached hydrogens (tertiary/aromatic N) is 1. The van der Waals surface area contributed by atoms with Gasteiger partial charge in [-0.15, -0.1) is 0 Å². The zero-order valence-electron chi connectivity index (χ0n) is 22.8. The highest BCUT2D eigenvalue weighted by molar-refractivity contribution is 6.31. The molecule has 5 rings (SSSR count). The van der Waals surface area contributed by atoms with Crippen LogP contribution in [-0.4, -0.2) is 31.8 Å². The van der Waals surface area contributed by atoms with Gasteiger partial charge < -0.3 is 24.1 Å². The summed E-state index contributed by atoms with van der Waals surface area (Å²) in [6.07, 6.45) is 8.65. The molecule has 202 valence electrons. The second-order valence-electron chi connectivity index (χ2n) is 9.65. The second kappa shape index (κ2) is 11.5. The number of fused-ring (bicyclic) bond motifs is 3. The molecule has 1 aromatic heterocycles. The highest BCUT2D eigenvalue weighted by Crippen LogP contribution is 2.41. The third-order valence-electron chi connectivity index (χ3n) is 7.46. The van der Waals surface area contributed by atoms with Gasteiger partial charge in [0, 0.05) is 40.6 Å². The van der Waals surface area contributed by atoms with Gasteiger partial charge in [0.2, 0.25) is 0 Å². The summed E-state index contributed by atoms with van der Waals surface area (Å²) in [5, 5.41) is 3.63. The number of allylic oxidation sites excluding steroid dienone is 4. The molecule has 39 heavy (non-hydrogen) atoms. The molecular formula is C32H33ClN2O4. The molecule has 0 fully saturated rings. The molecule has 1 N–H and O–H groups in total. The zero-order chi connectivity index (χ0) is 27.5. The van der Waals surface area contributed by atoms with Crippen LogP contribution in [0.1, 0.15) is 35.2 Å². The van der Waals surface area contributed by atoms with E-state index in [-0.39, 0.29) is 5.91 Å². The number of benzene rings is 2. The van der Waals surface area contributed by atoms with Crippen molar-refractivity contribution in [3.63, 3.8) is 0 Å². The molecule has 0 atom stereocenters. The van der Waals surface area contributed by atoms with Crippen molar-refractivity contribution in [3.05, 3.63) is 99.4 Å². The van der Waals surface area contributed by atoms with Gasteiger partial charge in [0.25, 0.3) is 5.91 Å². The number of carbonyl (C=O) groups is 1. The maximum atomic E-state index is 13.4. The Morgan fingerprint density at radius 1 is 1.00 bits per heavy atom. The van der Waals surface area contributed by atoms with Gasteiger partial charge in [-0.05, 0) is 79.3 Å². The molecule has 0 spiro atoms. The molecule has 1 amide bonds. The van der Waals surface area contributed by atoms with Crippen molar-refractivity contribution in [2.75, 3.05) is 21.3 Å². The van der Waals surface area contributed by atoms with Gasteiger partial charge in [0.05, 0.1) is 26.9 Å². The van der Waals surface area contributed by atoms with Gasteiger partial charge in [0.1, 0.15) is 5.76 Å². The Labute approximate surface area is 234 Å². The predicted molar refractivity (Wildman–Crippen MR) is 155 cm³/mol. The van der Waals surface area contributed by atoms with E-state index in [1.807, 2.05) is 36.4 Å². The summed E-state index contributed by atoms with van der Waals surface area (Å²) in [7, 11) is 4.92. The lowest BCUT2D eigenvalue weighted by Gasteiger charge is -2.13. The predicted octanol–water partition coefficient (Wildman–Crippen LogP) is 6.64. The average molecular weight is 545 g/mol. The van der Waals surface area contributed by atoms with E-state index in [1.165, 1.54) is 5.56 Å². The molecule has 6 nitrogen and oxygen atoms in total. The summed E-state index contributed by atoms with van der Waals surface area (Å²) in [6.45, 7) is 3.38. The van der Waals surface area contributed by atoms with Crippen LogP contribution in [0.25, 0.3) is 16.8 Å². The third kappa shape index (κ3) is 5.21. The topological polar surface area (TPSA) is 61.7 Å². The van der Waals surface area contributed by atoms with Crippen LogP contribution in [0.15, 0.2) is 72.0 Å². The van der Waals surface area contributed by atoms with Crippen molar-refractivity contribution in [2.45, 2.75) is 39.3 Å². The molecular weight excluding hydrogens is 512 g/mol. The minimum absolute atomic E-state index is 0.212. The Kier molecular flexibility index (Phi) is 7.84. The normalized spacial score (nSPS) is 14.5. The molecule has 0 radical (unpaired) electrons.